The maximum Gasteiger partial charge on any atom is 0.500 e. The molecule has 0 heterocycles. The maximum atomic E-state index is 12.0. The quantitative estimate of drug-likeness (QED) is 0.628. The molecule has 0 saturated carbocycles. The van der Waals surface area contributed by atoms with Crippen LogP contribution in [0.3, 0.4) is 0 Å². The summed E-state index contributed by atoms with van der Waals surface area (Å²) < 4.78 is 51.9. The van der Waals surface area contributed by atoms with E-state index in [-0.39, 0.29) is 12.5 Å². The monoisotopic (exact) mass is 260 g/mol. The van der Waals surface area contributed by atoms with Crippen molar-refractivity contribution in [3.63, 3.8) is 0 Å². The van der Waals surface area contributed by atoms with Crippen LogP contribution in [0.5, 0.6) is 0 Å². The molecule has 0 saturated heterocycles. The van der Waals surface area contributed by atoms with Crippen LogP contribution in [-0.4, -0.2) is 35.3 Å². The fourth-order valence-electron chi connectivity index (χ4n) is 1.35. The van der Waals surface area contributed by atoms with Crippen LogP contribution in [0.25, 0.3) is 0 Å². The summed E-state index contributed by atoms with van der Waals surface area (Å²) in [6.07, 6.45) is -4.98. The van der Waals surface area contributed by atoms with Crippen molar-refractivity contribution in [2.75, 3.05) is 20.3 Å². The van der Waals surface area contributed by atoms with E-state index in [1.165, 1.54) is 7.11 Å². The summed E-state index contributed by atoms with van der Waals surface area (Å²) >= 11 is 0. The summed E-state index contributed by atoms with van der Waals surface area (Å²) in [6, 6.07) is 0.199. The average molecular weight is 260 g/mol. The molecule has 0 aromatic rings. The lowest BCUT2D eigenvalue weighted by Crippen LogP contribution is -2.45. The summed E-state index contributed by atoms with van der Waals surface area (Å²) in [4.78, 5) is 0. The highest BCUT2D eigenvalue weighted by atomic mass is 28.4. The lowest BCUT2D eigenvalue weighted by Gasteiger charge is -2.27. The van der Waals surface area contributed by atoms with Crippen LogP contribution in [0.4, 0.5) is 13.2 Å². The first kappa shape index (κ1) is 15.9. The van der Waals surface area contributed by atoms with Crippen molar-refractivity contribution in [3.05, 3.63) is 0 Å². The van der Waals surface area contributed by atoms with Crippen LogP contribution < -0.4 is 0 Å². The topological polar surface area (TPSA) is 27.7 Å². The number of alkyl halides is 3. The van der Waals surface area contributed by atoms with Gasteiger partial charge in [-0.15, -0.1) is 0 Å². The van der Waals surface area contributed by atoms with E-state index in [4.69, 9.17) is 13.3 Å². The molecule has 0 N–H and O–H groups in total. The van der Waals surface area contributed by atoms with Gasteiger partial charge in [-0.1, -0.05) is 0 Å². The van der Waals surface area contributed by atoms with Gasteiger partial charge in [-0.3, -0.25) is 0 Å². The summed E-state index contributed by atoms with van der Waals surface area (Å²) in [5.74, 6) is 0. The molecule has 0 bridgehead atoms. The number of hydrogen-bond acceptors (Lipinski definition) is 3. The van der Waals surface area contributed by atoms with Crippen LogP contribution in [0.15, 0.2) is 0 Å². The second kappa shape index (κ2) is 7.26. The van der Waals surface area contributed by atoms with Crippen LogP contribution >= 0.6 is 0 Å². The Balaban J connectivity index is 4.19. The Kier molecular flexibility index (Phi) is 7.21. The third kappa shape index (κ3) is 6.47. The predicted octanol–water partition coefficient (Wildman–Crippen LogP) is 2.99. The zero-order valence-corrected chi connectivity index (χ0v) is 10.9. The summed E-state index contributed by atoms with van der Waals surface area (Å²) in [7, 11) is -1.45. The largest absolute Gasteiger partial charge is 0.500 e. The molecule has 0 aliphatic carbocycles. The molecule has 16 heavy (non-hydrogen) atoms. The van der Waals surface area contributed by atoms with Gasteiger partial charge in [0.2, 0.25) is 0 Å². The molecule has 3 nitrogen and oxygen atoms in total. The molecule has 0 spiro atoms. The summed E-state index contributed by atoms with van der Waals surface area (Å²) in [5, 5.41) is 0. The van der Waals surface area contributed by atoms with Gasteiger partial charge in [0, 0.05) is 32.8 Å². The highest BCUT2D eigenvalue weighted by Gasteiger charge is 2.40. The van der Waals surface area contributed by atoms with Crippen LogP contribution in [0.2, 0.25) is 6.04 Å². The van der Waals surface area contributed by atoms with E-state index in [9.17, 15) is 13.2 Å². The molecule has 0 aromatic heterocycles. The van der Waals surface area contributed by atoms with E-state index in [1.807, 2.05) is 0 Å². The Labute approximate surface area is 95.2 Å². The van der Waals surface area contributed by atoms with Crippen molar-refractivity contribution in [3.8, 4) is 0 Å². The van der Waals surface area contributed by atoms with E-state index in [0.717, 1.165) is 0 Å². The normalized spacial score (nSPS) is 13.1. The van der Waals surface area contributed by atoms with Crippen molar-refractivity contribution < 1.29 is 26.4 Å². The molecule has 0 fully saturated rings. The van der Waals surface area contributed by atoms with Crippen molar-refractivity contribution in [2.45, 2.75) is 38.9 Å². The fraction of sp³-hybridized carbons (Fsp3) is 1.00. The van der Waals surface area contributed by atoms with Gasteiger partial charge in [-0.25, -0.2) is 0 Å². The predicted molar refractivity (Wildman–Crippen MR) is 56.1 cm³/mol. The lowest BCUT2D eigenvalue weighted by molar-refractivity contribution is -0.135. The minimum Gasteiger partial charge on any atom is -0.377 e. The smallest absolute Gasteiger partial charge is 0.377 e. The molecule has 0 rings (SSSR count). The van der Waals surface area contributed by atoms with E-state index >= 15 is 0 Å². The Hall–Kier alpha value is -0.113. The van der Waals surface area contributed by atoms with E-state index < -0.39 is 21.4 Å². The van der Waals surface area contributed by atoms with Crippen LogP contribution in [0.1, 0.15) is 26.7 Å². The van der Waals surface area contributed by atoms with Gasteiger partial charge in [-0.05, 0) is 20.3 Å². The molecule has 0 aromatic carbocycles. The second-order valence-corrected chi connectivity index (χ2v) is 6.07. The number of rotatable bonds is 8. The van der Waals surface area contributed by atoms with Crippen molar-refractivity contribution in [1.82, 2.24) is 0 Å². The highest BCUT2D eigenvalue weighted by molar-refractivity contribution is 6.60. The highest BCUT2D eigenvalue weighted by Crippen LogP contribution is 2.26. The first-order valence-corrected chi connectivity index (χ1v) is 7.22. The third-order valence-corrected chi connectivity index (χ3v) is 5.03. The zero-order chi connectivity index (χ0) is 12.7. The summed E-state index contributed by atoms with van der Waals surface area (Å²) in [5.41, 5.74) is 0. The Morgan fingerprint density at radius 2 is 1.56 bits per heavy atom. The standard InChI is InChI=1S/C9H19F3O3Si/c1-4-14-16(13-3,15-5-2)8-6-7-9(10,11)12/h4-8H2,1-3H3. The number of halogens is 3. The maximum absolute atomic E-state index is 12.0. The number of hydrogen-bond donors (Lipinski definition) is 0. The van der Waals surface area contributed by atoms with Crippen molar-refractivity contribution in [2.24, 2.45) is 0 Å². The first-order valence-electron chi connectivity index (χ1n) is 5.29. The minimum absolute atomic E-state index is 0.0242. The summed E-state index contributed by atoms with van der Waals surface area (Å²) in [6.45, 7) is 4.30. The first-order chi connectivity index (χ1) is 7.39. The van der Waals surface area contributed by atoms with E-state index in [1.54, 1.807) is 13.8 Å². The van der Waals surface area contributed by atoms with Gasteiger partial charge in [0.25, 0.3) is 0 Å². The van der Waals surface area contributed by atoms with Gasteiger partial charge in [0.05, 0.1) is 0 Å². The molecule has 98 valence electrons. The molecule has 0 aliphatic heterocycles. The third-order valence-electron chi connectivity index (χ3n) is 1.98. The van der Waals surface area contributed by atoms with Crippen molar-refractivity contribution in [1.29, 1.82) is 0 Å². The van der Waals surface area contributed by atoms with Gasteiger partial charge < -0.3 is 13.3 Å². The van der Waals surface area contributed by atoms with Gasteiger partial charge in [0.1, 0.15) is 0 Å². The van der Waals surface area contributed by atoms with Gasteiger partial charge >= 0.3 is 15.0 Å². The minimum atomic E-state index is -4.13. The molecule has 0 aliphatic rings. The fourth-order valence-corrected chi connectivity index (χ4v) is 3.65. The van der Waals surface area contributed by atoms with Gasteiger partial charge in [0.15, 0.2) is 0 Å². The molecule has 0 amide bonds. The molecule has 0 unspecified atom stereocenters. The van der Waals surface area contributed by atoms with Crippen LogP contribution in [-0.2, 0) is 13.3 Å². The molecule has 0 radical (unpaired) electrons. The van der Waals surface area contributed by atoms with Gasteiger partial charge in [-0.2, -0.15) is 13.2 Å². The van der Waals surface area contributed by atoms with Crippen molar-refractivity contribution >= 4 is 8.80 Å². The Morgan fingerprint density at radius 3 is 1.88 bits per heavy atom. The second-order valence-electron chi connectivity index (χ2n) is 3.22. The molecular weight excluding hydrogens is 241 g/mol. The average Bonchev–Trinajstić information content (AvgIpc) is 2.16. The zero-order valence-electron chi connectivity index (χ0n) is 9.89. The van der Waals surface area contributed by atoms with E-state index in [0.29, 0.717) is 13.2 Å². The lowest BCUT2D eigenvalue weighted by atomic mass is 10.3. The molecule has 7 heteroatoms. The Morgan fingerprint density at radius 1 is 1.06 bits per heavy atom. The SMILES string of the molecule is CCO[Si](CCCC(F)(F)F)(OC)OCC. The van der Waals surface area contributed by atoms with E-state index in [2.05, 4.69) is 0 Å². The molecule has 0 atom stereocenters. The molecular formula is C9H19F3O3Si. The van der Waals surface area contributed by atoms with Crippen LogP contribution in [0, 0.1) is 0 Å². The Bertz CT molecular complexity index is 181.